The standard InChI is InChI=1S/C16H23BrN4/c1-11(2)21-16(14(17)10-19-21)15(18-3)12-7-6-8-13(9-12)20(4)5/h6-11,15,18H,1-5H3. The molecular formula is C16H23BrN4. The number of halogens is 1. The summed E-state index contributed by atoms with van der Waals surface area (Å²) in [6.45, 7) is 4.29. The zero-order valence-corrected chi connectivity index (χ0v) is 14.8. The fourth-order valence-corrected chi connectivity index (χ4v) is 2.98. The van der Waals surface area contributed by atoms with Crippen molar-refractivity contribution in [2.24, 2.45) is 0 Å². The molecule has 1 unspecified atom stereocenters. The minimum Gasteiger partial charge on any atom is -0.378 e. The van der Waals surface area contributed by atoms with E-state index < -0.39 is 0 Å². The highest BCUT2D eigenvalue weighted by Crippen LogP contribution is 2.31. The maximum atomic E-state index is 4.49. The second-order valence-corrected chi connectivity index (χ2v) is 6.48. The molecule has 5 heteroatoms. The zero-order valence-electron chi connectivity index (χ0n) is 13.3. The maximum Gasteiger partial charge on any atom is 0.0758 e. The highest BCUT2D eigenvalue weighted by molar-refractivity contribution is 9.10. The summed E-state index contributed by atoms with van der Waals surface area (Å²) in [7, 11) is 6.10. The summed E-state index contributed by atoms with van der Waals surface area (Å²) in [5.41, 5.74) is 3.58. The third-order valence-electron chi connectivity index (χ3n) is 3.56. The molecule has 0 saturated carbocycles. The van der Waals surface area contributed by atoms with Crippen LogP contribution in [-0.2, 0) is 0 Å². The van der Waals surface area contributed by atoms with Crippen molar-refractivity contribution in [1.82, 2.24) is 15.1 Å². The quantitative estimate of drug-likeness (QED) is 0.894. The molecule has 0 saturated heterocycles. The first kappa shape index (κ1) is 16.0. The van der Waals surface area contributed by atoms with Gasteiger partial charge in [0.05, 0.1) is 22.4 Å². The monoisotopic (exact) mass is 350 g/mol. The third-order valence-corrected chi connectivity index (χ3v) is 4.17. The van der Waals surface area contributed by atoms with Gasteiger partial charge in [-0.05, 0) is 54.5 Å². The molecular weight excluding hydrogens is 328 g/mol. The minimum atomic E-state index is 0.101. The van der Waals surface area contributed by atoms with Crippen molar-refractivity contribution in [2.45, 2.75) is 25.9 Å². The molecule has 0 amide bonds. The Bertz CT molecular complexity index is 604. The van der Waals surface area contributed by atoms with Crippen LogP contribution in [0.1, 0.15) is 37.2 Å². The fourth-order valence-electron chi connectivity index (χ4n) is 2.48. The lowest BCUT2D eigenvalue weighted by atomic mass is 10.0. The van der Waals surface area contributed by atoms with Crippen LogP contribution in [0, 0.1) is 0 Å². The van der Waals surface area contributed by atoms with Gasteiger partial charge < -0.3 is 10.2 Å². The molecule has 0 bridgehead atoms. The maximum absolute atomic E-state index is 4.49. The van der Waals surface area contributed by atoms with Crippen LogP contribution in [0.3, 0.4) is 0 Å². The van der Waals surface area contributed by atoms with Gasteiger partial charge >= 0.3 is 0 Å². The normalized spacial score (nSPS) is 12.7. The van der Waals surface area contributed by atoms with Gasteiger partial charge in [-0.2, -0.15) is 5.10 Å². The minimum absolute atomic E-state index is 0.101. The average Bonchev–Trinajstić information content (AvgIpc) is 2.82. The predicted octanol–water partition coefficient (Wildman–Crippen LogP) is 3.60. The van der Waals surface area contributed by atoms with Crippen LogP contribution in [0.4, 0.5) is 5.69 Å². The Hall–Kier alpha value is -1.33. The number of benzene rings is 1. The van der Waals surface area contributed by atoms with Gasteiger partial charge in [0.15, 0.2) is 0 Å². The van der Waals surface area contributed by atoms with E-state index in [-0.39, 0.29) is 6.04 Å². The molecule has 0 aliphatic rings. The molecule has 0 aliphatic heterocycles. The Balaban J connectivity index is 2.50. The van der Waals surface area contributed by atoms with Crippen molar-refractivity contribution in [3.63, 3.8) is 0 Å². The SMILES string of the molecule is CNC(c1cccc(N(C)C)c1)c1c(Br)cnn1C(C)C. The molecule has 1 atom stereocenters. The molecule has 4 nitrogen and oxygen atoms in total. The first-order valence-corrected chi connectivity index (χ1v) is 7.92. The highest BCUT2D eigenvalue weighted by atomic mass is 79.9. The Labute approximate surface area is 135 Å². The van der Waals surface area contributed by atoms with Gasteiger partial charge in [-0.3, -0.25) is 4.68 Å². The molecule has 1 aromatic heterocycles. The van der Waals surface area contributed by atoms with Crippen molar-refractivity contribution < 1.29 is 0 Å². The van der Waals surface area contributed by atoms with Crippen molar-refractivity contribution in [3.8, 4) is 0 Å². The van der Waals surface area contributed by atoms with E-state index in [0.717, 1.165) is 10.2 Å². The summed E-state index contributed by atoms with van der Waals surface area (Å²) >= 11 is 3.64. The van der Waals surface area contributed by atoms with E-state index in [1.807, 2.05) is 13.2 Å². The number of nitrogens with zero attached hydrogens (tertiary/aromatic N) is 3. The topological polar surface area (TPSA) is 33.1 Å². The van der Waals surface area contributed by atoms with Gasteiger partial charge in [0.2, 0.25) is 0 Å². The molecule has 0 radical (unpaired) electrons. The number of aromatic nitrogens is 2. The Morgan fingerprint density at radius 1 is 1.29 bits per heavy atom. The van der Waals surface area contributed by atoms with Crippen LogP contribution in [0.15, 0.2) is 34.9 Å². The smallest absolute Gasteiger partial charge is 0.0758 e. The van der Waals surface area contributed by atoms with Crippen molar-refractivity contribution >= 4 is 21.6 Å². The molecule has 2 rings (SSSR count). The van der Waals surface area contributed by atoms with Crippen LogP contribution in [0.2, 0.25) is 0 Å². The van der Waals surface area contributed by atoms with Crippen LogP contribution < -0.4 is 10.2 Å². The third kappa shape index (κ3) is 3.30. The number of hydrogen-bond acceptors (Lipinski definition) is 3. The molecule has 21 heavy (non-hydrogen) atoms. The van der Waals surface area contributed by atoms with Gasteiger partial charge in [0.1, 0.15) is 0 Å². The molecule has 1 heterocycles. The molecule has 1 aromatic carbocycles. The van der Waals surface area contributed by atoms with Gasteiger partial charge in [-0.15, -0.1) is 0 Å². The lowest BCUT2D eigenvalue weighted by molar-refractivity contribution is 0.483. The molecule has 0 fully saturated rings. The first-order chi connectivity index (χ1) is 9.95. The first-order valence-electron chi connectivity index (χ1n) is 7.13. The number of hydrogen-bond donors (Lipinski definition) is 1. The summed E-state index contributed by atoms with van der Waals surface area (Å²) in [5, 5.41) is 7.90. The summed E-state index contributed by atoms with van der Waals surface area (Å²) < 4.78 is 3.10. The van der Waals surface area contributed by atoms with Crippen molar-refractivity contribution in [3.05, 3.63) is 46.2 Å². The molecule has 0 spiro atoms. The second kappa shape index (κ2) is 6.62. The number of anilines is 1. The van der Waals surface area contributed by atoms with E-state index >= 15 is 0 Å². The lowest BCUT2D eigenvalue weighted by Crippen LogP contribution is -2.23. The summed E-state index contributed by atoms with van der Waals surface area (Å²) in [6, 6.07) is 9.00. The highest BCUT2D eigenvalue weighted by Gasteiger charge is 2.22. The van der Waals surface area contributed by atoms with E-state index in [2.05, 4.69) is 88.1 Å². The van der Waals surface area contributed by atoms with Crippen LogP contribution >= 0.6 is 15.9 Å². The van der Waals surface area contributed by atoms with E-state index in [4.69, 9.17) is 0 Å². The molecule has 114 valence electrons. The molecule has 1 N–H and O–H groups in total. The van der Waals surface area contributed by atoms with Crippen LogP contribution in [0.25, 0.3) is 0 Å². The lowest BCUT2D eigenvalue weighted by Gasteiger charge is -2.22. The predicted molar refractivity (Wildman–Crippen MR) is 92.0 cm³/mol. The average molecular weight is 351 g/mol. The van der Waals surface area contributed by atoms with E-state index in [1.165, 1.54) is 11.3 Å². The molecule has 0 aliphatic carbocycles. The van der Waals surface area contributed by atoms with Gasteiger partial charge in [0, 0.05) is 25.8 Å². The second-order valence-electron chi connectivity index (χ2n) is 5.63. The Kier molecular flexibility index (Phi) is 5.06. The van der Waals surface area contributed by atoms with Gasteiger partial charge in [-0.25, -0.2) is 0 Å². The van der Waals surface area contributed by atoms with E-state index in [1.54, 1.807) is 0 Å². The molecule has 2 aromatic rings. The largest absolute Gasteiger partial charge is 0.378 e. The van der Waals surface area contributed by atoms with E-state index in [9.17, 15) is 0 Å². The number of rotatable bonds is 5. The number of nitrogens with one attached hydrogen (secondary N) is 1. The zero-order chi connectivity index (χ0) is 15.6. The van der Waals surface area contributed by atoms with Crippen LogP contribution in [0.5, 0.6) is 0 Å². The Morgan fingerprint density at radius 3 is 2.57 bits per heavy atom. The summed E-state index contributed by atoms with van der Waals surface area (Å²) in [5.74, 6) is 0. The van der Waals surface area contributed by atoms with Gasteiger partial charge in [-0.1, -0.05) is 12.1 Å². The van der Waals surface area contributed by atoms with Gasteiger partial charge in [0.25, 0.3) is 0 Å². The van der Waals surface area contributed by atoms with E-state index in [0.29, 0.717) is 6.04 Å². The van der Waals surface area contributed by atoms with Crippen LogP contribution in [-0.4, -0.2) is 30.9 Å². The Morgan fingerprint density at radius 2 is 2.00 bits per heavy atom. The summed E-state index contributed by atoms with van der Waals surface area (Å²) in [4.78, 5) is 2.12. The van der Waals surface area contributed by atoms with Crippen molar-refractivity contribution in [2.75, 3.05) is 26.0 Å². The van der Waals surface area contributed by atoms with Crippen molar-refractivity contribution in [1.29, 1.82) is 0 Å². The summed E-state index contributed by atoms with van der Waals surface area (Å²) in [6.07, 6.45) is 1.87. The fraction of sp³-hybridized carbons (Fsp3) is 0.438.